The zero-order chi connectivity index (χ0) is 14.0. The Bertz CT molecular complexity index is 485. The number of urea groups is 1. The lowest BCUT2D eigenvalue weighted by atomic mass is 10.2. The number of aromatic nitrogens is 2. The molecule has 1 aromatic rings. The lowest BCUT2D eigenvalue weighted by Gasteiger charge is -2.32. The van der Waals surface area contributed by atoms with E-state index in [9.17, 15) is 9.59 Å². The van der Waals surface area contributed by atoms with E-state index in [1.54, 1.807) is 25.1 Å². The fourth-order valence-electron chi connectivity index (χ4n) is 2.15. The van der Waals surface area contributed by atoms with Crippen LogP contribution in [0.2, 0.25) is 0 Å². The summed E-state index contributed by atoms with van der Waals surface area (Å²) in [5, 5.41) is 8.86. The zero-order valence-electron chi connectivity index (χ0n) is 11.1. The molecule has 0 radical (unpaired) electrons. The van der Waals surface area contributed by atoms with Crippen LogP contribution in [0.25, 0.3) is 0 Å². The number of amides is 2. The highest BCUT2D eigenvalue weighted by Crippen LogP contribution is 2.12. The quantitative estimate of drug-likeness (QED) is 0.862. The molecule has 1 aromatic heterocycles. The second-order valence-electron chi connectivity index (χ2n) is 4.86. The second-order valence-corrected chi connectivity index (χ2v) is 4.86. The van der Waals surface area contributed by atoms with E-state index in [0.29, 0.717) is 13.1 Å². The first-order valence-corrected chi connectivity index (χ1v) is 6.22. The normalized spacial score (nSPS) is 15.8. The highest BCUT2D eigenvalue weighted by molar-refractivity contribution is 5.76. The summed E-state index contributed by atoms with van der Waals surface area (Å²) in [6, 6.07) is -0.151. The van der Waals surface area contributed by atoms with Crippen molar-refractivity contribution in [3.8, 4) is 0 Å². The Kier molecular flexibility index (Phi) is 3.73. The number of hydrogen-bond acceptors (Lipinski definition) is 3. The van der Waals surface area contributed by atoms with Gasteiger partial charge in [-0.15, -0.1) is 0 Å². The predicted molar refractivity (Wildman–Crippen MR) is 67.5 cm³/mol. The van der Waals surface area contributed by atoms with Gasteiger partial charge in [0, 0.05) is 39.1 Å². The molecule has 19 heavy (non-hydrogen) atoms. The Balaban J connectivity index is 1.95. The summed E-state index contributed by atoms with van der Waals surface area (Å²) in [5.41, 5.74) is 0. The van der Waals surface area contributed by atoms with Crippen molar-refractivity contribution in [2.45, 2.75) is 20.0 Å². The van der Waals surface area contributed by atoms with Gasteiger partial charge in [0.15, 0.2) is 0 Å². The Morgan fingerprint density at radius 2 is 2.26 bits per heavy atom. The minimum absolute atomic E-state index is 0.151. The zero-order valence-corrected chi connectivity index (χ0v) is 11.1. The van der Waals surface area contributed by atoms with E-state index in [-0.39, 0.29) is 12.6 Å². The second kappa shape index (κ2) is 5.29. The third-order valence-corrected chi connectivity index (χ3v) is 3.31. The molecule has 2 rings (SSSR count). The van der Waals surface area contributed by atoms with Crippen LogP contribution in [-0.4, -0.2) is 56.6 Å². The Morgan fingerprint density at radius 3 is 2.95 bits per heavy atom. The number of carbonyl (C=O) groups is 2. The molecule has 7 nitrogen and oxygen atoms in total. The molecule has 1 unspecified atom stereocenters. The molecule has 0 aliphatic carbocycles. The van der Waals surface area contributed by atoms with Crippen molar-refractivity contribution in [2.24, 2.45) is 5.92 Å². The summed E-state index contributed by atoms with van der Waals surface area (Å²) < 4.78 is 2.02. The largest absolute Gasteiger partial charge is 0.481 e. The van der Waals surface area contributed by atoms with Gasteiger partial charge < -0.3 is 19.5 Å². The van der Waals surface area contributed by atoms with Crippen LogP contribution in [0.4, 0.5) is 4.79 Å². The molecule has 0 bridgehead atoms. The molecule has 1 aliphatic heterocycles. The first-order valence-electron chi connectivity index (χ1n) is 6.22. The molecular formula is C12H18N4O3. The van der Waals surface area contributed by atoms with Gasteiger partial charge >= 0.3 is 12.0 Å². The van der Waals surface area contributed by atoms with E-state index in [4.69, 9.17) is 5.11 Å². The molecule has 7 heteroatoms. The fourth-order valence-corrected chi connectivity index (χ4v) is 2.15. The number of carboxylic acids is 1. The Morgan fingerprint density at radius 1 is 1.53 bits per heavy atom. The van der Waals surface area contributed by atoms with Gasteiger partial charge in [-0.25, -0.2) is 9.78 Å². The first kappa shape index (κ1) is 13.4. The minimum atomic E-state index is -0.895. The number of nitrogens with zero attached hydrogens (tertiary/aromatic N) is 4. The minimum Gasteiger partial charge on any atom is -0.481 e. The fraction of sp³-hybridized carbons (Fsp3) is 0.583. The van der Waals surface area contributed by atoms with E-state index < -0.39 is 11.9 Å². The van der Waals surface area contributed by atoms with Crippen LogP contribution in [0.15, 0.2) is 12.4 Å². The van der Waals surface area contributed by atoms with Crippen molar-refractivity contribution in [3.63, 3.8) is 0 Å². The van der Waals surface area contributed by atoms with Crippen LogP contribution in [0, 0.1) is 5.92 Å². The lowest BCUT2D eigenvalue weighted by Crippen LogP contribution is -2.46. The number of hydrogen-bond donors (Lipinski definition) is 1. The predicted octanol–water partition coefficient (Wildman–Crippen LogP) is 0.471. The van der Waals surface area contributed by atoms with E-state index in [1.807, 2.05) is 10.8 Å². The van der Waals surface area contributed by atoms with E-state index in [1.165, 1.54) is 4.90 Å². The highest BCUT2D eigenvalue weighted by atomic mass is 16.4. The Labute approximate surface area is 111 Å². The van der Waals surface area contributed by atoms with Crippen molar-refractivity contribution in [1.29, 1.82) is 0 Å². The summed E-state index contributed by atoms with van der Waals surface area (Å²) in [7, 11) is 1.63. The molecule has 104 valence electrons. The van der Waals surface area contributed by atoms with Crippen molar-refractivity contribution >= 4 is 12.0 Å². The van der Waals surface area contributed by atoms with Crippen LogP contribution in [0.5, 0.6) is 0 Å². The van der Waals surface area contributed by atoms with Gasteiger partial charge in [0.25, 0.3) is 0 Å². The third-order valence-electron chi connectivity index (χ3n) is 3.31. The smallest absolute Gasteiger partial charge is 0.320 e. The number of aliphatic carboxylic acids is 1. The number of rotatable bonds is 3. The van der Waals surface area contributed by atoms with E-state index in [0.717, 1.165) is 12.4 Å². The molecule has 0 saturated carbocycles. The van der Waals surface area contributed by atoms with Gasteiger partial charge in [0.1, 0.15) is 5.82 Å². The van der Waals surface area contributed by atoms with Crippen LogP contribution >= 0.6 is 0 Å². The SMILES string of the molecule is CC(CN(C)C(=O)N1CCn2ccnc2C1)C(=O)O. The topological polar surface area (TPSA) is 78.7 Å². The van der Waals surface area contributed by atoms with Gasteiger partial charge in [0.05, 0.1) is 12.5 Å². The number of carbonyl (C=O) groups excluding carboxylic acids is 1. The van der Waals surface area contributed by atoms with E-state index >= 15 is 0 Å². The average Bonchev–Trinajstić information content (AvgIpc) is 2.84. The van der Waals surface area contributed by atoms with Crippen molar-refractivity contribution < 1.29 is 14.7 Å². The summed E-state index contributed by atoms with van der Waals surface area (Å²) in [4.78, 5) is 30.3. The molecular weight excluding hydrogens is 248 g/mol. The molecule has 1 atom stereocenters. The summed E-state index contributed by atoms with van der Waals surface area (Å²) in [6.07, 6.45) is 3.62. The number of fused-ring (bicyclic) bond motifs is 1. The van der Waals surface area contributed by atoms with Crippen LogP contribution < -0.4 is 0 Å². The maximum Gasteiger partial charge on any atom is 0.320 e. The summed E-state index contributed by atoms with van der Waals surface area (Å²) in [5.74, 6) is -0.603. The standard InChI is InChI=1S/C12H18N4O3/c1-9(11(17)18)7-14(2)12(19)16-6-5-15-4-3-13-10(15)8-16/h3-4,9H,5-8H2,1-2H3,(H,17,18). The monoisotopic (exact) mass is 266 g/mol. The van der Waals surface area contributed by atoms with Crippen molar-refractivity contribution in [3.05, 3.63) is 18.2 Å². The third kappa shape index (κ3) is 2.86. The number of carboxylic acid groups (broad SMARTS) is 1. The average molecular weight is 266 g/mol. The van der Waals surface area contributed by atoms with E-state index in [2.05, 4.69) is 4.98 Å². The summed E-state index contributed by atoms with van der Waals surface area (Å²) in [6.45, 7) is 3.61. The maximum atomic E-state index is 12.2. The first-order chi connectivity index (χ1) is 8.99. The molecule has 2 amide bonds. The van der Waals surface area contributed by atoms with Gasteiger partial charge in [-0.3, -0.25) is 4.79 Å². The molecule has 2 heterocycles. The van der Waals surface area contributed by atoms with Crippen molar-refractivity contribution in [1.82, 2.24) is 19.4 Å². The molecule has 0 saturated heterocycles. The number of imidazole rings is 1. The maximum absolute atomic E-state index is 12.2. The van der Waals surface area contributed by atoms with Crippen molar-refractivity contribution in [2.75, 3.05) is 20.1 Å². The molecule has 0 aromatic carbocycles. The molecule has 0 spiro atoms. The van der Waals surface area contributed by atoms with Gasteiger partial charge in [-0.1, -0.05) is 6.92 Å². The van der Waals surface area contributed by atoms with Crippen LogP contribution in [0.1, 0.15) is 12.7 Å². The lowest BCUT2D eigenvalue weighted by molar-refractivity contribution is -0.141. The van der Waals surface area contributed by atoms with Gasteiger partial charge in [0.2, 0.25) is 0 Å². The highest BCUT2D eigenvalue weighted by Gasteiger charge is 2.25. The summed E-state index contributed by atoms with van der Waals surface area (Å²) >= 11 is 0. The molecule has 1 aliphatic rings. The molecule has 1 N–H and O–H groups in total. The van der Waals surface area contributed by atoms with Gasteiger partial charge in [-0.2, -0.15) is 0 Å². The van der Waals surface area contributed by atoms with Gasteiger partial charge in [-0.05, 0) is 0 Å². The van der Waals surface area contributed by atoms with Crippen LogP contribution in [0.3, 0.4) is 0 Å². The molecule has 0 fully saturated rings. The Hall–Kier alpha value is -2.05. The van der Waals surface area contributed by atoms with Crippen LogP contribution in [-0.2, 0) is 17.9 Å².